The largest absolute Gasteiger partial charge is 0.394 e. The Hall–Kier alpha value is -2.98. The van der Waals surface area contributed by atoms with E-state index in [0.29, 0.717) is 29.5 Å². The summed E-state index contributed by atoms with van der Waals surface area (Å²) in [5.41, 5.74) is 0.223. The number of nitrogens with one attached hydrogen (secondary N) is 2. The lowest BCUT2D eigenvalue weighted by molar-refractivity contribution is 0.0529. The molecule has 2 aromatic rings. The Balaban J connectivity index is 1.37. The number of pyridine rings is 1. The van der Waals surface area contributed by atoms with Gasteiger partial charge in [0.25, 0.3) is 5.91 Å². The van der Waals surface area contributed by atoms with E-state index in [2.05, 4.69) is 30.4 Å². The van der Waals surface area contributed by atoms with E-state index in [-0.39, 0.29) is 24.3 Å². The SMILES string of the molecule is C[C@@H]1CN(c2cccc(NC(=O)c3ncc(NC(C)(C)CO)nc3N3CCC4(CC3)CC4)n2)CCO1. The number of nitrogens with zero attached hydrogens (tertiary/aromatic N) is 5. The average Bonchev–Trinajstić information content (AvgIpc) is 3.63. The molecular formula is C26H37N7O3. The van der Waals surface area contributed by atoms with Crippen molar-refractivity contribution in [1.29, 1.82) is 0 Å². The van der Waals surface area contributed by atoms with E-state index < -0.39 is 5.54 Å². The highest BCUT2D eigenvalue weighted by Gasteiger charge is 2.45. The molecule has 1 spiro atoms. The van der Waals surface area contributed by atoms with Crippen LogP contribution in [0.5, 0.6) is 0 Å². The van der Waals surface area contributed by atoms with Gasteiger partial charge >= 0.3 is 0 Å². The summed E-state index contributed by atoms with van der Waals surface area (Å²) < 4.78 is 5.64. The van der Waals surface area contributed by atoms with Crippen molar-refractivity contribution in [3.63, 3.8) is 0 Å². The quantitative estimate of drug-likeness (QED) is 0.533. The Bertz CT molecular complexity index is 1090. The van der Waals surface area contributed by atoms with Crippen LogP contribution in [0.15, 0.2) is 24.4 Å². The number of hydrogen-bond acceptors (Lipinski definition) is 9. The first-order chi connectivity index (χ1) is 17.3. The zero-order valence-corrected chi connectivity index (χ0v) is 21.5. The van der Waals surface area contributed by atoms with E-state index in [4.69, 9.17) is 9.72 Å². The third-order valence-electron chi connectivity index (χ3n) is 7.45. The van der Waals surface area contributed by atoms with Crippen LogP contribution in [-0.4, -0.2) is 77.0 Å². The van der Waals surface area contributed by atoms with Crippen LogP contribution in [0.3, 0.4) is 0 Å². The Morgan fingerprint density at radius 3 is 2.61 bits per heavy atom. The number of aliphatic hydroxyl groups is 1. The number of anilines is 4. The molecule has 2 saturated heterocycles. The number of morpholine rings is 1. The molecule has 0 unspecified atom stereocenters. The normalized spacial score (nSPS) is 21.4. The number of aliphatic hydroxyl groups excluding tert-OH is 1. The van der Waals surface area contributed by atoms with E-state index in [1.807, 2.05) is 32.9 Å². The Morgan fingerprint density at radius 2 is 1.92 bits per heavy atom. The van der Waals surface area contributed by atoms with Crippen LogP contribution in [0, 0.1) is 5.41 Å². The van der Waals surface area contributed by atoms with E-state index in [0.717, 1.165) is 44.8 Å². The molecule has 194 valence electrons. The molecule has 36 heavy (non-hydrogen) atoms. The summed E-state index contributed by atoms with van der Waals surface area (Å²) in [5, 5.41) is 15.8. The monoisotopic (exact) mass is 495 g/mol. The maximum absolute atomic E-state index is 13.4. The van der Waals surface area contributed by atoms with E-state index >= 15 is 0 Å². The molecule has 3 N–H and O–H groups in total. The van der Waals surface area contributed by atoms with Crippen LogP contribution >= 0.6 is 0 Å². The number of ether oxygens (including phenoxy) is 1. The topological polar surface area (TPSA) is 116 Å². The summed E-state index contributed by atoms with van der Waals surface area (Å²) in [6.07, 6.45) is 6.51. The minimum Gasteiger partial charge on any atom is -0.394 e. The van der Waals surface area contributed by atoms with Gasteiger partial charge in [-0.1, -0.05) is 6.07 Å². The third-order valence-corrected chi connectivity index (χ3v) is 7.45. The second-order valence-electron chi connectivity index (χ2n) is 11.0. The predicted molar refractivity (Wildman–Crippen MR) is 140 cm³/mol. The third kappa shape index (κ3) is 5.54. The van der Waals surface area contributed by atoms with Crippen molar-refractivity contribution >= 4 is 29.2 Å². The number of hydrogen-bond donors (Lipinski definition) is 3. The van der Waals surface area contributed by atoms with Gasteiger partial charge in [-0.15, -0.1) is 0 Å². The number of carbonyl (C=O) groups excluding carboxylic acids is 1. The molecule has 3 fully saturated rings. The lowest BCUT2D eigenvalue weighted by Gasteiger charge is -2.34. The lowest BCUT2D eigenvalue weighted by atomic mass is 9.93. The standard InChI is InChI=1S/C26H37N7O3/c1-18-16-33(13-14-36-18)21-6-4-5-19(28-21)30-24(35)22-23(32-11-9-26(7-8-26)10-12-32)29-20(15-27-22)31-25(2,3)17-34/h4-6,15,18,34H,7-14,16-17H2,1-3H3,(H,29,31)(H,28,30,35)/t18-/m1/s1. The van der Waals surface area contributed by atoms with Crippen LogP contribution in [0.25, 0.3) is 0 Å². The molecule has 0 aromatic carbocycles. The molecule has 0 radical (unpaired) electrons. The molecular weight excluding hydrogens is 458 g/mol. The fraction of sp³-hybridized carbons (Fsp3) is 0.615. The number of rotatable bonds is 7. The molecule has 1 aliphatic carbocycles. The molecule has 1 saturated carbocycles. The number of piperidine rings is 1. The second kappa shape index (κ2) is 9.82. The highest BCUT2D eigenvalue weighted by Crippen LogP contribution is 2.54. The molecule has 5 rings (SSSR count). The summed E-state index contributed by atoms with van der Waals surface area (Å²) in [6, 6.07) is 5.63. The van der Waals surface area contributed by atoms with Gasteiger partial charge in [0.15, 0.2) is 11.5 Å². The average molecular weight is 496 g/mol. The van der Waals surface area contributed by atoms with Crippen LogP contribution < -0.4 is 20.4 Å². The maximum Gasteiger partial charge on any atom is 0.279 e. The van der Waals surface area contributed by atoms with Gasteiger partial charge in [0.2, 0.25) is 0 Å². The fourth-order valence-corrected chi connectivity index (χ4v) is 4.95. The molecule has 2 aliphatic heterocycles. The van der Waals surface area contributed by atoms with E-state index in [1.165, 1.54) is 12.8 Å². The van der Waals surface area contributed by atoms with Gasteiger partial charge in [0, 0.05) is 26.2 Å². The molecule has 4 heterocycles. The van der Waals surface area contributed by atoms with E-state index in [1.54, 1.807) is 12.3 Å². The summed E-state index contributed by atoms with van der Waals surface area (Å²) in [7, 11) is 0. The van der Waals surface area contributed by atoms with Crippen molar-refractivity contribution in [3.8, 4) is 0 Å². The zero-order chi connectivity index (χ0) is 25.3. The van der Waals surface area contributed by atoms with Gasteiger partial charge in [0.1, 0.15) is 17.5 Å². The van der Waals surface area contributed by atoms with Gasteiger partial charge in [-0.2, -0.15) is 0 Å². The highest BCUT2D eigenvalue weighted by atomic mass is 16.5. The first-order valence-corrected chi connectivity index (χ1v) is 12.9. The van der Waals surface area contributed by atoms with Gasteiger partial charge in [-0.3, -0.25) is 4.79 Å². The zero-order valence-electron chi connectivity index (χ0n) is 21.5. The van der Waals surface area contributed by atoms with Crippen molar-refractivity contribution in [2.75, 3.05) is 59.8 Å². The predicted octanol–water partition coefficient (Wildman–Crippen LogP) is 2.91. The summed E-state index contributed by atoms with van der Waals surface area (Å²) in [4.78, 5) is 31.8. The van der Waals surface area contributed by atoms with Gasteiger partial charge in [0.05, 0.1) is 31.1 Å². The maximum atomic E-state index is 13.4. The number of amides is 1. The molecule has 2 aromatic heterocycles. The van der Waals surface area contributed by atoms with Crippen molar-refractivity contribution in [2.24, 2.45) is 5.41 Å². The van der Waals surface area contributed by atoms with E-state index in [9.17, 15) is 9.90 Å². The molecule has 0 bridgehead atoms. The minimum atomic E-state index is -0.558. The van der Waals surface area contributed by atoms with Gasteiger partial charge < -0.3 is 30.3 Å². The number of carbonyl (C=O) groups is 1. The van der Waals surface area contributed by atoms with Crippen molar-refractivity contribution in [3.05, 3.63) is 30.1 Å². The summed E-state index contributed by atoms with van der Waals surface area (Å²) in [6.45, 7) is 9.65. The Labute approximate surface area is 212 Å². The minimum absolute atomic E-state index is 0.0532. The first kappa shape index (κ1) is 24.7. The van der Waals surface area contributed by atoms with Crippen molar-refractivity contribution in [1.82, 2.24) is 15.0 Å². The lowest BCUT2D eigenvalue weighted by Crippen LogP contribution is -2.41. The number of aromatic nitrogens is 3. The Kier molecular flexibility index (Phi) is 6.74. The van der Waals surface area contributed by atoms with Crippen LogP contribution in [0.1, 0.15) is 56.9 Å². The Morgan fingerprint density at radius 1 is 1.14 bits per heavy atom. The first-order valence-electron chi connectivity index (χ1n) is 12.9. The smallest absolute Gasteiger partial charge is 0.279 e. The van der Waals surface area contributed by atoms with Crippen LogP contribution in [0.2, 0.25) is 0 Å². The van der Waals surface area contributed by atoms with Crippen molar-refractivity contribution < 1.29 is 14.6 Å². The second-order valence-corrected chi connectivity index (χ2v) is 11.0. The molecule has 1 amide bonds. The van der Waals surface area contributed by atoms with Gasteiger partial charge in [-0.05, 0) is 64.0 Å². The molecule has 1 atom stereocenters. The fourth-order valence-electron chi connectivity index (χ4n) is 4.95. The summed E-state index contributed by atoms with van der Waals surface area (Å²) in [5.74, 6) is 2.06. The molecule has 10 nitrogen and oxygen atoms in total. The van der Waals surface area contributed by atoms with Crippen molar-refractivity contribution in [2.45, 2.75) is 58.1 Å². The van der Waals surface area contributed by atoms with Gasteiger partial charge in [-0.25, -0.2) is 15.0 Å². The molecule has 3 aliphatic rings. The molecule has 10 heteroatoms. The summed E-state index contributed by atoms with van der Waals surface area (Å²) >= 11 is 0. The van der Waals surface area contributed by atoms with Crippen LogP contribution in [0.4, 0.5) is 23.3 Å². The van der Waals surface area contributed by atoms with Crippen LogP contribution in [-0.2, 0) is 4.74 Å². The highest BCUT2D eigenvalue weighted by molar-refractivity contribution is 6.05.